The lowest BCUT2D eigenvalue weighted by Gasteiger charge is -2.29. The minimum absolute atomic E-state index is 0.0122. The van der Waals surface area contributed by atoms with Crippen LogP contribution in [-0.2, 0) is 32.3 Å². The van der Waals surface area contributed by atoms with Crippen LogP contribution in [0.5, 0.6) is 11.5 Å². The summed E-state index contributed by atoms with van der Waals surface area (Å²) in [6, 6.07) is 13.3. The number of hydrogen-bond donors (Lipinski definition) is 2. The molecule has 0 spiro atoms. The summed E-state index contributed by atoms with van der Waals surface area (Å²) in [6.45, 7) is 2.37. The number of likely N-dealkylation sites (tertiary alicyclic amines) is 1. The standard InChI is InChI=1S/C28H32N2O7/c31-16-19-4-6-20(7-5-19)17-34-27-15-22(21-8-9-23-24(13-21)36-18-35-23)14-25(37-27)28(33)29-10-2-12-30-11-1-3-26(30)32/h4-9,13-14,22,27,31H,1-3,10-12,15-18H2,(H,29,33)/t22-,27+/m1/s1. The van der Waals surface area contributed by atoms with Crippen molar-refractivity contribution in [1.82, 2.24) is 10.2 Å². The zero-order valence-electron chi connectivity index (χ0n) is 20.7. The number of allylic oxidation sites excluding steroid dienone is 1. The Morgan fingerprint density at radius 2 is 1.92 bits per heavy atom. The first-order valence-corrected chi connectivity index (χ1v) is 12.7. The van der Waals surface area contributed by atoms with Crippen molar-refractivity contribution in [1.29, 1.82) is 0 Å². The fourth-order valence-corrected chi connectivity index (χ4v) is 4.72. The van der Waals surface area contributed by atoms with Gasteiger partial charge in [0.1, 0.15) is 0 Å². The van der Waals surface area contributed by atoms with Gasteiger partial charge in [-0.05, 0) is 47.7 Å². The van der Waals surface area contributed by atoms with Gasteiger partial charge < -0.3 is 34.3 Å². The van der Waals surface area contributed by atoms with E-state index in [9.17, 15) is 14.7 Å². The number of aliphatic hydroxyl groups excluding tert-OH is 1. The number of ether oxygens (including phenoxy) is 4. The smallest absolute Gasteiger partial charge is 0.286 e. The third kappa shape index (κ3) is 6.23. The molecule has 9 nitrogen and oxygen atoms in total. The molecule has 3 aliphatic rings. The zero-order valence-corrected chi connectivity index (χ0v) is 20.7. The van der Waals surface area contributed by atoms with Gasteiger partial charge in [0.2, 0.25) is 19.0 Å². The van der Waals surface area contributed by atoms with Gasteiger partial charge in [0.25, 0.3) is 5.91 Å². The number of carbonyl (C=O) groups is 2. The topological polar surface area (TPSA) is 107 Å². The minimum Gasteiger partial charge on any atom is -0.459 e. The van der Waals surface area contributed by atoms with Crippen molar-refractivity contribution in [2.45, 2.75) is 51.1 Å². The van der Waals surface area contributed by atoms with E-state index in [0.717, 1.165) is 29.7 Å². The van der Waals surface area contributed by atoms with Crippen molar-refractivity contribution in [2.24, 2.45) is 0 Å². The van der Waals surface area contributed by atoms with Crippen molar-refractivity contribution < 1.29 is 33.6 Å². The highest BCUT2D eigenvalue weighted by Gasteiger charge is 2.30. The maximum atomic E-state index is 13.0. The number of rotatable bonds is 10. The first-order valence-electron chi connectivity index (χ1n) is 12.7. The average Bonchev–Trinajstić information content (AvgIpc) is 3.58. The minimum atomic E-state index is -0.624. The molecular formula is C28H32N2O7. The van der Waals surface area contributed by atoms with E-state index in [1.54, 1.807) is 0 Å². The van der Waals surface area contributed by atoms with Crippen LogP contribution in [0.15, 0.2) is 54.3 Å². The molecule has 2 N–H and O–H groups in total. The molecule has 0 bridgehead atoms. The summed E-state index contributed by atoms with van der Waals surface area (Å²) in [7, 11) is 0. The summed E-state index contributed by atoms with van der Waals surface area (Å²) >= 11 is 0. The summed E-state index contributed by atoms with van der Waals surface area (Å²) in [4.78, 5) is 26.6. The van der Waals surface area contributed by atoms with Crippen LogP contribution in [0.25, 0.3) is 0 Å². The van der Waals surface area contributed by atoms with Crippen LogP contribution in [0.1, 0.15) is 48.3 Å². The van der Waals surface area contributed by atoms with Gasteiger partial charge in [-0.3, -0.25) is 9.59 Å². The fourth-order valence-electron chi connectivity index (χ4n) is 4.72. The molecule has 3 heterocycles. The van der Waals surface area contributed by atoms with Gasteiger partial charge in [0.15, 0.2) is 17.3 Å². The number of amides is 2. The predicted molar refractivity (Wildman–Crippen MR) is 133 cm³/mol. The zero-order chi connectivity index (χ0) is 25.6. The molecule has 9 heteroatoms. The second-order valence-electron chi connectivity index (χ2n) is 9.41. The molecular weight excluding hydrogens is 476 g/mol. The molecule has 1 fully saturated rings. The third-order valence-corrected chi connectivity index (χ3v) is 6.81. The summed E-state index contributed by atoms with van der Waals surface area (Å²) in [5, 5.41) is 12.2. The quantitative estimate of drug-likeness (QED) is 0.475. The Kier molecular flexibility index (Phi) is 7.91. The second-order valence-corrected chi connectivity index (χ2v) is 9.41. The molecule has 0 unspecified atom stereocenters. The normalized spacial score (nSPS) is 20.5. The van der Waals surface area contributed by atoms with E-state index in [1.807, 2.05) is 53.4 Å². The molecule has 2 aromatic carbocycles. The molecule has 3 aliphatic heterocycles. The van der Waals surface area contributed by atoms with E-state index in [0.29, 0.717) is 50.5 Å². The molecule has 2 aromatic rings. The molecule has 2 amide bonds. The van der Waals surface area contributed by atoms with E-state index >= 15 is 0 Å². The Morgan fingerprint density at radius 1 is 1.11 bits per heavy atom. The largest absolute Gasteiger partial charge is 0.459 e. The maximum absolute atomic E-state index is 13.0. The van der Waals surface area contributed by atoms with E-state index < -0.39 is 6.29 Å². The third-order valence-electron chi connectivity index (χ3n) is 6.81. The van der Waals surface area contributed by atoms with Gasteiger partial charge in [-0.2, -0.15) is 0 Å². The lowest BCUT2D eigenvalue weighted by molar-refractivity contribution is -0.150. The Balaban J connectivity index is 1.24. The van der Waals surface area contributed by atoms with E-state index in [4.69, 9.17) is 18.9 Å². The molecule has 5 rings (SSSR count). The highest BCUT2D eigenvalue weighted by atomic mass is 16.7. The number of benzene rings is 2. The first kappa shape index (κ1) is 25.1. The Hall–Kier alpha value is -3.56. The molecule has 0 saturated carbocycles. The number of nitrogens with zero attached hydrogens (tertiary/aromatic N) is 1. The molecule has 1 saturated heterocycles. The lowest BCUT2D eigenvalue weighted by Crippen LogP contribution is -2.34. The van der Waals surface area contributed by atoms with Crippen molar-refractivity contribution in [2.75, 3.05) is 26.4 Å². The van der Waals surface area contributed by atoms with Gasteiger partial charge in [-0.25, -0.2) is 0 Å². The molecule has 0 aromatic heterocycles. The van der Waals surface area contributed by atoms with Crippen LogP contribution in [0, 0.1) is 0 Å². The van der Waals surface area contributed by atoms with E-state index in [1.165, 1.54) is 0 Å². The first-order chi connectivity index (χ1) is 18.1. The Bertz CT molecular complexity index is 1150. The fraction of sp³-hybridized carbons (Fsp3) is 0.429. The van der Waals surface area contributed by atoms with Crippen LogP contribution < -0.4 is 14.8 Å². The van der Waals surface area contributed by atoms with Crippen molar-refractivity contribution >= 4 is 11.8 Å². The predicted octanol–water partition coefficient (Wildman–Crippen LogP) is 2.97. The number of aliphatic hydroxyl groups is 1. The number of nitrogens with one attached hydrogen (secondary N) is 1. The van der Waals surface area contributed by atoms with Crippen LogP contribution >= 0.6 is 0 Å². The Labute approximate surface area is 216 Å². The van der Waals surface area contributed by atoms with Gasteiger partial charge in [0.05, 0.1) is 13.2 Å². The van der Waals surface area contributed by atoms with Crippen LogP contribution in [0.4, 0.5) is 0 Å². The van der Waals surface area contributed by atoms with Crippen molar-refractivity contribution in [3.05, 3.63) is 71.0 Å². The van der Waals surface area contributed by atoms with E-state index in [2.05, 4.69) is 5.32 Å². The SMILES string of the molecule is O=C(NCCCN1CCCC1=O)C1=C[C@@H](c2ccc3c(c2)OCO3)C[C@@H](OCc2ccc(CO)cc2)O1. The maximum Gasteiger partial charge on any atom is 0.286 e. The second kappa shape index (κ2) is 11.7. The number of carbonyl (C=O) groups excluding carboxylic acids is 2. The molecule has 2 atom stereocenters. The summed E-state index contributed by atoms with van der Waals surface area (Å²) in [6.07, 6.45) is 3.93. The number of hydrogen-bond acceptors (Lipinski definition) is 7. The monoisotopic (exact) mass is 508 g/mol. The number of fused-ring (bicyclic) bond motifs is 1. The summed E-state index contributed by atoms with van der Waals surface area (Å²) in [5.74, 6) is 1.36. The highest BCUT2D eigenvalue weighted by Crippen LogP contribution is 2.38. The molecule has 0 radical (unpaired) electrons. The summed E-state index contributed by atoms with van der Waals surface area (Å²) < 4.78 is 23.0. The lowest BCUT2D eigenvalue weighted by atomic mass is 9.92. The average molecular weight is 509 g/mol. The molecule has 196 valence electrons. The van der Waals surface area contributed by atoms with Crippen molar-refractivity contribution in [3.63, 3.8) is 0 Å². The summed E-state index contributed by atoms with van der Waals surface area (Å²) in [5.41, 5.74) is 2.75. The van der Waals surface area contributed by atoms with E-state index in [-0.39, 0.29) is 36.9 Å². The van der Waals surface area contributed by atoms with Gasteiger partial charge in [-0.15, -0.1) is 0 Å². The molecule has 0 aliphatic carbocycles. The van der Waals surface area contributed by atoms with Crippen molar-refractivity contribution in [3.8, 4) is 11.5 Å². The Morgan fingerprint density at radius 3 is 2.70 bits per heavy atom. The van der Waals surface area contributed by atoms with Crippen LogP contribution in [0.2, 0.25) is 0 Å². The van der Waals surface area contributed by atoms with Gasteiger partial charge in [0, 0.05) is 38.4 Å². The van der Waals surface area contributed by atoms with Gasteiger partial charge >= 0.3 is 0 Å². The van der Waals surface area contributed by atoms with Gasteiger partial charge in [-0.1, -0.05) is 30.3 Å². The van der Waals surface area contributed by atoms with Crippen LogP contribution in [-0.4, -0.2) is 54.5 Å². The molecule has 37 heavy (non-hydrogen) atoms. The van der Waals surface area contributed by atoms with Crippen LogP contribution in [0.3, 0.4) is 0 Å². The highest BCUT2D eigenvalue weighted by molar-refractivity contribution is 5.91.